The molecule has 1 atom stereocenters. The molecule has 1 N–H and O–H groups in total. The number of ether oxygens (including phenoxy) is 2. The molecule has 28 heavy (non-hydrogen) atoms. The van der Waals surface area contributed by atoms with Gasteiger partial charge in [-0.3, -0.25) is 9.59 Å². The predicted molar refractivity (Wildman–Crippen MR) is 108 cm³/mol. The highest BCUT2D eigenvalue weighted by atomic mass is 16.6. The maximum atomic E-state index is 12.8. The Bertz CT molecular complexity index is 873. The molecule has 0 radical (unpaired) electrons. The van der Waals surface area contributed by atoms with Crippen LogP contribution in [0.2, 0.25) is 0 Å². The van der Waals surface area contributed by atoms with E-state index in [1.807, 2.05) is 45.0 Å². The Morgan fingerprint density at radius 3 is 2.54 bits per heavy atom. The van der Waals surface area contributed by atoms with Gasteiger partial charge in [0, 0.05) is 23.7 Å². The van der Waals surface area contributed by atoms with Gasteiger partial charge in [-0.05, 0) is 30.3 Å². The molecule has 148 valence electrons. The molecule has 1 aliphatic heterocycles. The lowest BCUT2D eigenvalue weighted by molar-refractivity contribution is -0.123. The van der Waals surface area contributed by atoms with Gasteiger partial charge in [0.2, 0.25) is 5.91 Å². The summed E-state index contributed by atoms with van der Waals surface area (Å²) in [7, 11) is 1.73. The van der Waals surface area contributed by atoms with Crippen molar-refractivity contribution in [2.45, 2.75) is 26.9 Å². The van der Waals surface area contributed by atoms with E-state index in [0.717, 1.165) is 5.75 Å². The molecule has 0 saturated carbocycles. The number of hydrogen-bond donors (Lipinski definition) is 1. The van der Waals surface area contributed by atoms with Crippen LogP contribution in [0, 0.1) is 5.41 Å². The maximum Gasteiger partial charge on any atom is 0.253 e. The molecule has 1 heterocycles. The Kier molecular flexibility index (Phi) is 5.58. The van der Waals surface area contributed by atoms with Crippen LogP contribution in [0.25, 0.3) is 0 Å². The van der Waals surface area contributed by atoms with E-state index < -0.39 is 5.41 Å². The summed E-state index contributed by atoms with van der Waals surface area (Å²) in [6.07, 6.45) is -0.243. The van der Waals surface area contributed by atoms with E-state index in [1.54, 1.807) is 36.2 Å². The van der Waals surface area contributed by atoms with Crippen LogP contribution in [0.15, 0.2) is 48.5 Å². The van der Waals surface area contributed by atoms with Crippen molar-refractivity contribution < 1.29 is 19.1 Å². The summed E-state index contributed by atoms with van der Waals surface area (Å²) >= 11 is 0. The van der Waals surface area contributed by atoms with Crippen molar-refractivity contribution in [1.82, 2.24) is 4.90 Å². The Hall–Kier alpha value is -3.02. The van der Waals surface area contributed by atoms with E-state index in [2.05, 4.69) is 5.32 Å². The number of anilines is 1. The summed E-state index contributed by atoms with van der Waals surface area (Å²) in [5.41, 5.74) is 0.600. The minimum atomic E-state index is -0.509. The lowest BCUT2D eigenvalue weighted by Gasteiger charge is -2.29. The molecule has 3 rings (SSSR count). The molecule has 1 unspecified atom stereocenters. The Balaban J connectivity index is 1.64. The van der Waals surface area contributed by atoms with E-state index in [1.165, 1.54) is 0 Å². The fraction of sp³-hybridized carbons (Fsp3) is 0.364. The van der Waals surface area contributed by atoms with E-state index in [-0.39, 0.29) is 17.9 Å². The van der Waals surface area contributed by atoms with Crippen LogP contribution >= 0.6 is 0 Å². The van der Waals surface area contributed by atoms with Gasteiger partial charge in [0.1, 0.15) is 6.61 Å². The molecule has 6 nitrogen and oxygen atoms in total. The summed E-state index contributed by atoms with van der Waals surface area (Å²) in [4.78, 5) is 26.6. The highest BCUT2D eigenvalue weighted by Gasteiger charge is 2.25. The van der Waals surface area contributed by atoms with Crippen molar-refractivity contribution in [1.29, 1.82) is 0 Å². The van der Waals surface area contributed by atoms with Gasteiger partial charge in [-0.1, -0.05) is 39.0 Å². The van der Waals surface area contributed by atoms with Crippen molar-refractivity contribution in [2.24, 2.45) is 5.41 Å². The number of likely N-dealkylation sites (N-methyl/N-ethyl adjacent to an activating group) is 1. The second-order valence-electron chi connectivity index (χ2n) is 7.97. The first-order valence-electron chi connectivity index (χ1n) is 9.29. The monoisotopic (exact) mass is 382 g/mol. The lowest BCUT2D eigenvalue weighted by atomic mass is 9.95. The smallest absolute Gasteiger partial charge is 0.253 e. The van der Waals surface area contributed by atoms with Crippen molar-refractivity contribution >= 4 is 17.5 Å². The minimum Gasteiger partial charge on any atom is -0.486 e. The van der Waals surface area contributed by atoms with Crippen LogP contribution in [0.5, 0.6) is 11.5 Å². The summed E-state index contributed by atoms with van der Waals surface area (Å²) < 4.78 is 11.6. The van der Waals surface area contributed by atoms with Crippen LogP contribution in [0.3, 0.4) is 0 Å². The molecule has 1 aliphatic rings. The first-order chi connectivity index (χ1) is 13.2. The molecular formula is C22H26N2O4. The summed E-state index contributed by atoms with van der Waals surface area (Å²) in [5, 5.41) is 2.85. The van der Waals surface area contributed by atoms with Gasteiger partial charge >= 0.3 is 0 Å². The largest absolute Gasteiger partial charge is 0.486 e. The van der Waals surface area contributed by atoms with Crippen LogP contribution < -0.4 is 14.8 Å². The van der Waals surface area contributed by atoms with Gasteiger partial charge in [0.05, 0.1) is 6.54 Å². The third-order valence-electron chi connectivity index (χ3n) is 4.44. The van der Waals surface area contributed by atoms with E-state index >= 15 is 0 Å². The number of carbonyl (C=O) groups excluding carboxylic acids is 2. The standard InChI is InChI=1S/C22H26N2O4/c1-22(2,3)21(26)23-16-9-7-8-15(12-16)20(25)24(4)13-17-14-27-18-10-5-6-11-19(18)28-17/h5-12,17H,13-14H2,1-4H3,(H,23,26). The minimum absolute atomic E-state index is 0.100. The van der Waals surface area contributed by atoms with Gasteiger partial charge in [-0.25, -0.2) is 0 Å². The normalized spacial score (nSPS) is 15.6. The zero-order valence-electron chi connectivity index (χ0n) is 16.7. The Morgan fingerprint density at radius 1 is 1.11 bits per heavy atom. The van der Waals surface area contributed by atoms with Crippen molar-refractivity contribution in [2.75, 3.05) is 25.5 Å². The molecule has 0 bridgehead atoms. The van der Waals surface area contributed by atoms with Crippen LogP contribution in [0.1, 0.15) is 31.1 Å². The number of para-hydroxylation sites is 2. The maximum absolute atomic E-state index is 12.8. The van der Waals surface area contributed by atoms with Gasteiger partial charge in [0.25, 0.3) is 5.91 Å². The molecule has 0 spiro atoms. The highest BCUT2D eigenvalue weighted by Crippen LogP contribution is 2.31. The summed E-state index contributed by atoms with van der Waals surface area (Å²) in [6.45, 7) is 6.31. The third-order valence-corrected chi connectivity index (χ3v) is 4.44. The average molecular weight is 382 g/mol. The number of nitrogens with one attached hydrogen (secondary N) is 1. The molecular weight excluding hydrogens is 356 g/mol. The zero-order valence-corrected chi connectivity index (χ0v) is 16.7. The van der Waals surface area contributed by atoms with Crippen molar-refractivity contribution in [3.63, 3.8) is 0 Å². The third kappa shape index (κ3) is 4.63. The predicted octanol–water partition coefficient (Wildman–Crippen LogP) is 3.58. The van der Waals surface area contributed by atoms with Crippen molar-refractivity contribution in [3.05, 3.63) is 54.1 Å². The number of fused-ring (bicyclic) bond motifs is 1. The first kappa shape index (κ1) is 19.7. The number of nitrogens with zero attached hydrogens (tertiary/aromatic N) is 1. The second-order valence-corrected chi connectivity index (χ2v) is 7.97. The molecule has 2 aromatic rings. The molecule has 2 aromatic carbocycles. The number of carbonyl (C=O) groups is 2. The second kappa shape index (κ2) is 7.92. The molecule has 0 fully saturated rings. The van der Waals surface area contributed by atoms with Crippen LogP contribution in [0.4, 0.5) is 5.69 Å². The lowest BCUT2D eigenvalue weighted by Crippen LogP contribution is -2.41. The van der Waals surface area contributed by atoms with Gasteiger partial charge in [-0.2, -0.15) is 0 Å². The average Bonchev–Trinajstić information content (AvgIpc) is 2.66. The highest BCUT2D eigenvalue weighted by molar-refractivity contribution is 5.98. The molecule has 2 amide bonds. The molecule has 0 aromatic heterocycles. The number of amides is 2. The van der Waals surface area contributed by atoms with E-state index in [9.17, 15) is 9.59 Å². The summed E-state index contributed by atoms with van der Waals surface area (Å²) in [5.74, 6) is 1.16. The molecule has 6 heteroatoms. The zero-order chi connectivity index (χ0) is 20.3. The number of rotatable bonds is 4. The van der Waals surface area contributed by atoms with Crippen molar-refractivity contribution in [3.8, 4) is 11.5 Å². The quantitative estimate of drug-likeness (QED) is 0.878. The fourth-order valence-electron chi connectivity index (χ4n) is 2.81. The van der Waals surface area contributed by atoms with Gasteiger partial charge in [-0.15, -0.1) is 0 Å². The molecule has 0 aliphatic carbocycles. The number of benzene rings is 2. The Labute approximate surface area is 165 Å². The molecule has 0 saturated heterocycles. The first-order valence-corrected chi connectivity index (χ1v) is 9.29. The van der Waals surface area contributed by atoms with Gasteiger partial charge < -0.3 is 19.7 Å². The van der Waals surface area contributed by atoms with Gasteiger partial charge in [0.15, 0.2) is 17.6 Å². The fourth-order valence-corrected chi connectivity index (χ4v) is 2.81. The van der Waals surface area contributed by atoms with E-state index in [4.69, 9.17) is 9.47 Å². The van der Waals surface area contributed by atoms with Crippen LogP contribution in [-0.4, -0.2) is 43.0 Å². The summed E-state index contributed by atoms with van der Waals surface area (Å²) in [6, 6.07) is 14.4. The van der Waals surface area contributed by atoms with Crippen LogP contribution in [-0.2, 0) is 4.79 Å². The Morgan fingerprint density at radius 2 is 1.82 bits per heavy atom. The number of hydrogen-bond acceptors (Lipinski definition) is 4. The van der Waals surface area contributed by atoms with E-state index in [0.29, 0.717) is 30.2 Å². The SMILES string of the molecule is CN(CC1COc2ccccc2O1)C(=O)c1cccc(NC(=O)C(C)(C)C)c1. The topological polar surface area (TPSA) is 67.9 Å².